The lowest BCUT2D eigenvalue weighted by Crippen LogP contribution is -2.10. The van der Waals surface area contributed by atoms with E-state index in [2.05, 4.69) is 20.4 Å². The van der Waals surface area contributed by atoms with E-state index in [9.17, 15) is 14.7 Å². The number of carboxylic acid groups (broad SMARTS) is 1. The molecule has 120 valence electrons. The van der Waals surface area contributed by atoms with E-state index in [4.69, 9.17) is 4.74 Å². The second-order valence-electron chi connectivity index (χ2n) is 5.26. The topological polar surface area (TPSA) is 63.6 Å². The van der Waals surface area contributed by atoms with E-state index >= 15 is 0 Å². The first-order valence-corrected chi connectivity index (χ1v) is 7.76. The van der Waals surface area contributed by atoms with E-state index in [0.29, 0.717) is 18.6 Å². The van der Waals surface area contributed by atoms with Gasteiger partial charge in [-0.05, 0) is 48.9 Å². The Bertz CT molecular complexity index is 517. The number of unbranched alkanes of at least 4 members (excludes halogenated alkanes) is 2. The number of aryl methyl sites for hydroxylation is 2. The molecule has 0 aliphatic heterocycles. The van der Waals surface area contributed by atoms with Crippen LogP contribution in [0.5, 0.6) is 5.75 Å². The molecule has 0 heterocycles. The van der Waals surface area contributed by atoms with Crippen molar-refractivity contribution in [2.75, 3.05) is 0 Å². The third kappa shape index (κ3) is 5.02. The Morgan fingerprint density at radius 2 is 1.64 bits per heavy atom. The van der Waals surface area contributed by atoms with Crippen LogP contribution >= 0.6 is 0 Å². The van der Waals surface area contributed by atoms with Gasteiger partial charge in [-0.3, -0.25) is 0 Å². The van der Waals surface area contributed by atoms with Gasteiger partial charge in [-0.15, -0.1) is 0 Å². The van der Waals surface area contributed by atoms with E-state index in [-0.39, 0.29) is 5.56 Å². The monoisotopic (exact) mass is 304 g/mol. The van der Waals surface area contributed by atoms with Crippen molar-refractivity contribution in [3.8, 4) is 5.75 Å². The molecule has 4 heteroatoms. The quantitative estimate of drug-likeness (QED) is 0.422. The molecule has 0 spiro atoms. The number of carbonyl (C=O) groups is 2. The van der Waals surface area contributed by atoms with Gasteiger partial charge in [0.05, 0.1) is 5.56 Å². The molecule has 0 fully saturated rings. The van der Waals surface area contributed by atoms with Gasteiger partial charge in [0.1, 0.15) is 5.75 Å². The molecule has 0 atom stereocenters. The van der Waals surface area contributed by atoms with Gasteiger partial charge < -0.3 is 9.84 Å². The van der Waals surface area contributed by atoms with Gasteiger partial charge in [0.15, 0.2) is 0 Å². The van der Waals surface area contributed by atoms with Gasteiger partial charge >= 0.3 is 11.9 Å². The standard InChI is InChI=1S/C18H24O4/c1-4-7-9-13-11-15(18(20)21)12-14(10-8-5-2)17(13)22-16(19)6-3/h6,11-12H,3-5,7-10H2,1-2H3,(H,20,21). The van der Waals surface area contributed by atoms with Crippen molar-refractivity contribution in [1.29, 1.82) is 0 Å². The summed E-state index contributed by atoms with van der Waals surface area (Å²) in [5.41, 5.74) is 1.81. The lowest BCUT2D eigenvalue weighted by Gasteiger charge is -2.15. The van der Waals surface area contributed by atoms with Gasteiger partial charge in [0.25, 0.3) is 0 Å². The Morgan fingerprint density at radius 1 is 1.14 bits per heavy atom. The molecule has 1 aromatic carbocycles. The molecular weight excluding hydrogens is 280 g/mol. The summed E-state index contributed by atoms with van der Waals surface area (Å²) in [5, 5.41) is 9.28. The van der Waals surface area contributed by atoms with E-state index in [1.807, 2.05) is 0 Å². The van der Waals surface area contributed by atoms with Crippen molar-refractivity contribution in [2.45, 2.75) is 52.4 Å². The van der Waals surface area contributed by atoms with E-state index in [0.717, 1.165) is 42.9 Å². The first-order valence-electron chi connectivity index (χ1n) is 7.76. The van der Waals surface area contributed by atoms with E-state index < -0.39 is 11.9 Å². The molecule has 4 nitrogen and oxygen atoms in total. The van der Waals surface area contributed by atoms with Crippen molar-refractivity contribution < 1.29 is 19.4 Å². The summed E-state index contributed by atoms with van der Waals surface area (Å²) in [6.07, 6.45) is 6.29. The lowest BCUT2D eigenvalue weighted by atomic mass is 9.97. The summed E-state index contributed by atoms with van der Waals surface area (Å²) in [6.45, 7) is 7.55. The van der Waals surface area contributed by atoms with Crippen molar-refractivity contribution >= 4 is 11.9 Å². The number of ether oxygens (including phenoxy) is 1. The fourth-order valence-corrected chi connectivity index (χ4v) is 2.26. The second kappa shape index (κ2) is 9.03. The lowest BCUT2D eigenvalue weighted by molar-refractivity contribution is -0.129. The Balaban J connectivity index is 3.31. The molecule has 1 rings (SSSR count). The highest BCUT2D eigenvalue weighted by atomic mass is 16.5. The average Bonchev–Trinajstić information content (AvgIpc) is 2.51. The van der Waals surface area contributed by atoms with Gasteiger partial charge in [-0.2, -0.15) is 0 Å². The van der Waals surface area contributed by atoms with Crippen molar-refractivity contribution in [3.63, 3.8) is 0 Å². The first kappa shape index (κ1) is 18.0. The highest BCUT2D eigenvalue weighted by Gasteiger charge is 2.17. The SMILES string of the molecule is C=CC(=O)Oc1c(CCCC)cc(C(=O)O)cc1CCCC. The first-order chi connectivity index (χ1) is 10.5. The summed E-state index contributed by atoms with van der Waals surface area (Å²) in [4.78, 5) is 22.9. The normalized spacial score (nSPS) is 10.3. The maximum absolute atomic E-state index is 11.6. The number of hydrogen-bond donors (Lipinski definition) is 1. The van der Waals surface area contributed by atoms with Gasteiger partial charge in [0, 0.05) is 6.08 Å². The van der Waals surface area contributed by atoms with Crippen molar-refractivity contribution in [3.05, 3.63) is 41.5 Å². The van der Waals surface area contributed by atoms with Gasteiger partial charge in [0.2, 0.25) is 0 Å². The predicted molar refractivity (Wildman–Crippen MR) is 86.5 cm³/mol. The molecule has 1 N–H and O–H groups in total. The molecule has 0 aromatic heterocycles. The molecule has 0 radical (unpaired) electrons. The van der Waals surface area contributed by atoms with Crippen LogP contribution in [-0.4, -0.2) is 17.0 Å². The number of carbonyl (C=O) groups excluding carboxylic acids is 1. The molecule has 0 aliphatic rings. The number of esters is 1. The zero-order chi connectivity index (χ0) is 16.5. The molecule has 0 unspecified atom stereocenters. The molecule has 0 aliphatic carbocycles. The number of carboxylic acids is 1. The molecule has 0 saturated heterocycles. The van der Waals surface area contributed by atoms with Crippen molar-refractivity contribution in [2.24, 2.45) is 0 Å². The van der Waals surface area contributed by atoms with E-state index in [1.54, 1.807) is 12.1 Å². The van der Waals surface area contributed by atoms with Crippen LogP contribution in [0.4, 0.5) is 0 Å². The predicted octanol–water partition coefficient (Wildman–Crippen LogP) is 4.16. The number of rotatable bonds is 9. The summed E-state index contributed by atoms with van der Waals surface area (Å²) in [7, 11) is 0. The van der Waals surface area contributed by atoms with Crippen LogP contribution in [0.1, 0.15) is 61.0 Å². The Morgan fingerprint density at radius 3 is 2.00 bits per heavy atom. The minimum Gasteiger partial charge on any atom is -0.478 e. The summed E-state index contributed by atoms with van der Waals surface area (Å²) >= 11 is 0. The smallest absolute Gasteiger partial charge is 0.335 e. The summed E-state index contributed by atoms with van der Waals surface area (Å²) in [5.74, 6) is -0.965. The minimum absolute atomic E-state index is 0.246. The van der Waals surface area contributed by atoms with Gasteiger partial charge in [-0.25, -0.2) is 9.59 Å². The van der Waals surface area contributed by atoms with Gasteiger partial charge in [-0.1, -0.05) is 33.3 Å². The maximum atomic E-state index is 11.6. The van der Waals surface area contributed by atoms with Crippen LogP contribution in [0.25, 0.3) is 0 Å². The molecule has 1 aromatic rings. The Hall–Kier alpha value is -2.10. The second-order valence-corrected chi connectivity index (χ2v) is 5.26. The maximum Gasteiger partial charge on any atom is 0.335 e. The fourth-order valence-electron chi connectivity index (χ4n) is 2.26. The van der Waals surface area contributed by atoms with Crippen LogP contribution in [0, 0.1) is 0 Å². The Labute approximate surface area is 131 Å². The molecule has 0 saturated carbocycles. The van der Waals surface area contributed by atoms with Crippen LogP contribution in [-0.2, 0) is 17.6 Å². The van der Waals surface area contributed by atoms with Crippen LogP contribution in [0.3, 0.4) is 0 Å². The van der Waals surface area contributed by atoms with E-state index in [1.165, 1.54) is 0 Å². The third-order valence-corrected chi connectivity index (χ3v) is 3.46. The number of hydrogen-bond acceptors (Lipinski definition) is 3. The molecule has 0 amide bonds. The van der Waals surface area contributed by atoms with Crippen LogP contribution in [0.2, 0.25) is 0 Å². The number of aromatic carboxylic acids is 1. The molecule has 0 bridgehead atoms. The molecular formula is C18H24O4. The highest BCUT2D eigenvalue weighted by molar-refractivity contribution is 5.89. The highest BCUT2D eigenvalue weighted by Crippen LogP contribution is 2.29. The minimum atomic E-state index is -0.961. The largest absolute Gasteiger partial charge is 0.478 e. The van der Waals surface area contributed by atoms with Crippen LogP contribution < -0.4 is 4.74 Å². The number of benzene rings is 1. The Kier molecular flexibility index (Phi) is 7.37. The third-order valence-electron chi connectivity index (χ3n) is 3.46. The molecule has 22 heavy (non-hydrogen) atoms. The zero-order valence-electron chi connectivity index (χ0n) is 13.4. The van der Waals surface area contributed by atoms with Crippen LogP contribution in [0.15, 0.2) is 24.8 Å². The summed E-state index contributed by atoms with van der Waals surface area (Å²) in [6, 6.07) is 3.22. The average molecular weight is 304 g/mol. The fraction of sp³-hybridized carbons (Fsp3) is 0.444. The zero-order valence-corrected chi connectivity index (χ0v) is 13.4. The van der Waals surface area contributed by atoms with Crippen molar-refractivity contribution in [1.82, 2.24) is 0 Å². The summed E-state index contributed by atoms with van der Waals surface area (Å²) < 4.78 is 5.40.